The van der Waals surface area contributed by atoms with Gasteiger partial charge in [-0.05, 0) is 83.1 Å². The lowest BCUT2D eigenvalue weighted by Gasteiger charge is -2.38. The Morgan fingerprint density at radius 2 is 1.56 bits per heavy atom. The van der Waals surface area contributed by atoms with Gasteiger partial charge in [0.05, 0.1) is 22.0 Å². The summed E-state index contributed by atoms with van der Waals surface area (Å²) < 4.78 is 39.8. The number of amides is 5. The number of nitrogens with zero attached hydrogens (tertiary/aromatic N) is 3. The van der Waals surface area contributed by atoms with Crippen molar-refractivity contribution in [2.75, 3.05) is 16.1 Å². The lowest BCUT2D eigenvalue weighted by Crippen LogP contribution is -2.53. The number of urea groups is 2. The summed E-state index contributed by atoms with van der Waals surface area (Å²) in [5, 5.41) is 5.35. The fourth-order valence-corrected chi connectivity index (χ4v) is 5.28. The van der Waals surface area contributed by atoms with Crippen molar-refractivity contribution in [3.8, 4) is 5.75 Å². The molecule has 3 aromatic carbocycles. The van der Waals surface area contributed by atoms with E-state index in [2.05, 4.69) is 15.4 Å². The summed E-state index contributed by atoms with van der Waals surface area (Å²) in [6.07, 6.45) is -4.80. The molecule has 5 amide bonds. The molecule has 0 aromatic heterocycles. The zero-order valence-electron chi connectivity index (χ0n) is 25.2. The molecule has 2 N–H and O–H groups in total. The number of carbonyl (C=O) groups is 3. The van der Waals surface area contributed by atoms with Crippen LogP contribution < -0.4 is 20.3 Å². The molecule has 0 aliphatic carbocycles. The molecule has 45 heavy (non-hydrogen) atoms. The number of nitrogens with one attached hydrogen (secondary N) is 2. The summed E-state index contributed by atoms with van der Waals surface area (Å²) >= 11 is 7.45. The molecule has 0 saturated carbocycles. The van der Waals surface area contributed by atoms with Crippen molar-refractivity contribution < 1.29 is 32.3 Å². The maximum atomic E-state index is 12.8. The number of amidine groups is 1. The minimum Gasteiger partial charge on any atom is -0.406 e. The largest absolute Gasteiger partial charge is 0.573 e. The highest BCUT2D eigenvalue weighted by Crippen LogP contribution is 2.29. The predicted octanol–water partition coefficient (Wildman–Crippen LogP) is 8.38. The topological polar surface area (TPSA) is 103 Å². The van der Waals surface area contributed by atoms with Crippen molar-refractivity contribution in [3.05, 3.63) is 89.4 Å². The number of ether oxygens (including phenoxy) is 1. The Labute approximate surface area is 268 Å². The molecular weight excluding hydrogens is 631 g/mol. The Hall–Kier alpha value is -4.23. The molecule has 1 heterocycles. The minimum absolute atomic E-state index is 0.00190. The molecule has 240 valence electrons. The van der Waals surface area contributed by atoms with Gasteiger partial charge >= 0.3 is 18.4 Å². The van der Waals surface area contributed by atoms with Crippen molar-refractivity contribution in [2.24, 2.45) is 4.99 Å². The number of carbonyl (C=O) groups excluding carboxylic acids is 3. The Morgan fingerprint density at radius 1 is 0.956 bits per heavy atom. The third kappa shape index (κ3) is 11.0. The number of para-hydroxylation sites is 1. The molecule has 0 atom stereocenters. The van der Waals surface area contributed by atoms with Gasteiger partial charge in [-0.25, -0.2) is 9.59 Å². The Kier molecular flexibility index (Phi) is 11.9. The summed E-state index contributed by atoms with van der Waals surface area (Å²) in [4.78, 5) is 44.7. The third-order valence-electron chi connectivity index (χ3n) is 5.67. The van der Waals surface area contributed by atoms with E-state index in [0.717, 1.165) is 23.0 Å². The van der Waals surface area contributed by atoms with E-state index in [1.54, 1.807) is 33.7 Å². The molecule has 14 heteroatoms. The first-order valence-electron chi connectivity index (χ1n) is 13.6. The number of aliphatic imine (C=N–C) groups is 1. The Morgan fingerprint density at radius 3 is 2.11 bits per heavy atom. The van der Waals surface area contributed by atoms with Gasteiger partial charge in [-0.15, -0.1) is 13.2 Å². The second-order valence-corrected chi connectivity index (χ2v) is 12.1. The normalized spacial score (nSPS) is 14.5. The highest BCUT2D eigenvalue weighted by atomic mass is 35.5. The molecule has 1 aliphatic rings. The number of rotatable bonds is 5. The number of imide groups is 1. The first kappa shape index (κ1) is 35.3. The zero-order chi connectivity index (χ0) is 33.4. The van der Waals surface area contributed by atoms with E-state index >= 15 is 0 Å². The van der Waals surface area contributed by atoms with Crippen LogP contribution in [-0.2, 0) is 0 Å². The van der Waals surface area contributed by atoms with E-state index in [1.807, 2.05) is 65.0 Å². The van der Waals surface area contributed by atoms with Gasteiger partial charge in [0.15, 0.2) is 5.17 Å². The van der Waals surface area contributed by atoms with Gasteiger partial charge in [0.25, 0.3) is 5.91 Å². The average molecular weight is 664 g/mol. The van der Waals surface area contributed by atoms with E-state index in [0.29, 0.717) is 5.88 Å². The Bertz CT molecular complexity index is 1510. The predicted molar refractivity (Wildman–Crippen MR) is 172 cm³/mol. The number of hydrogen-bond donors (Lipinski definition) is 2. The fourth-order valence-electron chi connectivity index (χ4n) is 3.78. The maximum Gasteiger partial charge on any atom is 0.573 e. The van der Waals surface area contributed by atoms with Crippen LogP contribution in [0.1, 0.15) is 45.0 Å². The number of thioether (sulfide) groups is 1. The molecule has 0 radical (unpaired) electrons. The summed E-state index contributed by atoms with van der Waals surface area (Å²) in [5.41, 5.74) is 1.03. The van der Waals surface area contributed by atoms with Crippen LogP contribution >= 0.6 is 23.4 Å². The first-order chi connectivity index (χ1) is 21.0. The molecule has 1 saturated heterocycles. The van der Waals surface area contributed by atoms with Crippen LogP contribution in [-0.4, -0.2) is 51.9 Å². The fraction of sp³-hybridized carbons (Fsp3) is 0.290. The summed E-state index contributed by atoms with van der Waals surface area (Å²) in [6.45, 7) is 10.2. The van der Waals surface area contributed by atoms with E-state index in [1.165, 1.54) is 24.3 Å². The van der Waals surface area contributed by atoms with Crippen molar-refractivity contribution in [2.45, 2.75) is 52.6 Å². The van der Waals surface area contributed by atoms with Gasteiger partial charge in [-0.2, -0.15) is 0 Å². The van der Waals surface area contributed by atoms with Crippen molar-refractivity contribution >= 4 is 57.9 Å². The van der Waals surface area contributed by atoms with Gasteiger partial charge in [0.2, 0.25) is 0 Å². The van der Waals surface area contributed by atoms with Gasteiger partial charge < -0.3 is 10.1 Å². The number of alkyl halides is 3. The number of anilines is 2. The lowest BCUT2D eigenvalue weighted by molar-refractivity contribution is -0.274. The average Bonchev–Trinajstić information content (AvgIpc) is 2.93. The molecule has 4 rings (SSSR count). The highest BCUT2D eigenvalue weighted by molar-refractivity contribution is 8.14. The van der Waals surface area contributed by atoms with Gasteiger partial charge in [0.1, 0.15) is 5.75 Å². The molecule has 0 bridgehead atoms. The van der Waals surface area contributed by atoms with Gasteiger partial charge in [-0.3, -0.25) is 24.9 Å². The van der Waals surface area contributed by atoms with Gasteiger partial charge in [0, 0.05) is 17.4 Å². The van der Waals surface area contributed by atoms with E-state index < -0.39 is 24.1 Å². The number of benzene rings is 3. The van der Waals surface area contributed by atoms with E-state index in [-0.39, 0.29) is 33.9 Å². The minimum atomic E-state index is -4.80. The summed E-state index contributed by atoms with van der Waals surface area (Å²) in [7, 11) is 0. The summed E-state index contributed by atoms with van der Waals surface area (Å²) in [6, 6.07) is 19.6. The molecule has 9 nitrogen and oxygen atoms in total. The molecule has 0 unspecified atom stereocenters. The monoisotopic (exact) mass is 663 g/mol. The second-order valence-electron chi connectivity index (χ2n) is 10.8. The third-order valence-corrected chi connectivity index (χ3v) is 6.94. The van der Waals surface area contributed by atoms with Crippen LogP contribution in [0, 0.1) is 0 Å². The Balaban J connectivity index is 0.000000248. The lowest BCUT2D eigenvalue weighted by atomic mass is 10.1. The molecule has 1 fully saturated rings. The summed E-state index contributed by atoms with van der Waals surface area (Å²) in [5.74, 6) is -0.545. The van der Waals surface area contributed by atoms with Crippen molar-refractivity contribution in [1.82, 2.24) is 10.2 Å². The zero-order valence-corrected chi connectivity index (χ0v) is 26.8. The van der Waals surface area contributed by atoms with Crippen LogP contribution in [0.15, 0.2) is 83.9 Å². The standard InChI is InChI=1S/C16H23N3OS.C15H10ClF3N2O3/c1-12(2)19-14(17-16(3,4)5)21-11-18(15(19)20)13-9-7-6-8-10-13;16-12-4-2-1-3-11(12)13(22)21-14(23)20-9-5-7-10(8-6-9)24-15(17,18)19/h6-10,12H,11H2,1-5H3;1-8H,(H2,20,21,22,23). The number of halogens is 4. The van der Waals surface area contributed by atoms with Crippen LogP contribution in [0.3, 0.4) is 0 Å². The SMILES string of the molecule is CC(C)N1C(=O)N(c2ccccc2)CSC1=NC(C)(C)C.O=C(NC(=O)c1ccccc1Cl)Nc1ccc(OC(F)(F)F)cc1. The van der Waals surface area contributed by atoms with Crippen LogP contribution in [0.25, 0.3) is 0 Å². The van der Waals surface area contributed by atoms with Crippen molar-refractivity contribution in [1.29, 1.82) is 0 Å². The molecular formula is C31H33ClF3N5O4S. The highest BCUT2D eigenvalue weighted by Gasteiger charge is 2.35. The molecule has 0 spiro atoms. The van der Waals surface area contributed by atoms with Gasteiger partial charge in [-0.1, -0.05) is 53.7 Å². The van der Waals surface area contributed by atoms with E-state index in [9.17, 15) is 27.6 Å². The smallest absolute Gasteiger partial charge is 0.406 e. The van der Waals surface area contributed by atoms with Crippen LogP contribution in [0.5, 0.6) is 5.75 Å². The first-order valence-corrected chi connectivity index (χ1v) is 15.0. The van der Waals surface area contributed by atoms with Crippen LogP contribution in [0.4, 0.5) is 34.1 Å². The van der Waals surface area contributed by atoms with Crippen molar-refractivity contribution in [3.63, 3.8) is 0 Å². The second kappa shape index (κ2) is 15.2. The maximum absolute atomic E-state index is 12.8. The quantitative estimate of drug-likeness (QED) is 0.285. The number of hydrogen-bond acceptors (Lipinski definition) is 6. The van der Waals surface area contributed by atoms with E-state index in [4.69, 9.17) is 16.6 Å². The molecule has 3 aromatic rings. The van der Waals surface area contributed by atoms with Crippen LogP contribution in [0.2, 0.25) is 5.02 Å². The molecule has 1 aliphatic heterocycles.